The monoisotopic (exact) mass is 293 g/mol. The van der Waals surface area contributed by atoms with Crippen molar-refractivity contribution in [1.29, 1.82) is 0 Å². The van der Waals surface area contributed by atoms with Gasteiger partial charge in [0.05, 0.1) is 7.11 Å². The number of thiazole rings is 1. The summed E-state index contributed by atoms with van der Waals surface area (Å²) in [6.07, 6.45) is 2.03. The number of nitrogens with zero attached hydrogens (tertiary/aromatic N) is 2. The SMILES string of the molecule is COc1nc2sccn2c1CNCc1ccc(C)s1. The number of hydrogen-bond acceptors (Lipinski definition) is 5. The minimum Gasteiger partial charge on any atom is -0.480 e. The van der Waals surface area contributed by atoms with Gasteiger partial charge in [-0.1, -0.05) is 0 Å². The molecule has 0 spiro atoms. The summed E-state index contributed by atoms with van der Waals surface area (Å²) in [5.41, 5.74) is 1.08. The summed E-state index contributed by atoms with van der Waals surface area (Å²) in [5.74, 6) is 0.710. The van der Waals surface area contributed by atoms with Crippen LogP contribution in [0.5, 0.6) is 5.88 Å². The van der Waals surface area contributed by atoms with Crippen molar-refractivity contribution >= 4 is 27.6 Å². The molecule has 19 heavy (non-hydrogen) atoms. The van der Waals surface area contributed by atoms with Crippen LogP contribution in [-0.4, -0.2) is 16.5 Å². The molecule has 0 unspecified atom stereocenters. The van der Waals surface area contributed by atoms with Gasteiger partial charge in [0.1, 0.15) is 5.69 Å². The Morgan fingerprint density at radius 3 is 3.00 bits per heavy atom. The molecular weight excluding hydrogens is 278 g/mol. The summed E-state index contributed by atoms with van der Waals surface area (Å²) < 4.78 is 7.41. The number of rotatable bonds is 5. The molecule has 0 aliphatic heterocycles. The number of methoxy groups -OCH3 is 1. The lowest BCUT2D eigenvalue weighted by Gasteiger charge is -2.04. The molecular formula is C13H15N3OS2. The largest absolute Gasteiger partial charge is 0.480 e. The lowest BCUT2D eigenvalue weighted by Crippen LogP contribution is -2.13. The summed E-state index contributed by atoms with van der Waals surface area (Å²) >= 11 is 3.44. The summed E-state index contributed by atoms with van der Waals surface area (Å²) in [7, 11) is 1.67. The number of imidazole rings is 1. The Balaban J connectivity index is 1.72. The fourth-order valence-electron chi connectivity index (χ4n) is 2.02. The number of ether oxygens (including phenoxy) is 1. The molecule has 100 valence electrons. The van der Waals surface area contributed by atoms with Crippen LogP contribution in [0.4, 0.5) is 0 Å². The highest BCUT2D eigenvalue weighted by Gasteiger charge is 2.12. The Kier molecular flexibility index (Phi) is 3.54. The molecule has 0 aliphatic rings. The molecule has 0 atom stereocenters. The summed E-state index contributed by atoms with van der Waals surface area (Å²) in [6, 6.07) is 4.32. The van der Waals surface area contributed by atoms with Crippen molar-refractivity contribution in [3.8, 4) is 5.88 Å². The maximum atomic E-state index is 5.33. The fraction of sp³-hybridized carbons (Fsp3) is 0.308. The van der Waals surface area contributed by atoms with Gasteiger partial charge in [0, 0.05) is 34.4 Å². The molecule has 0 bridgehead atoms. The van der Waals surface area contributed by atoms with E-state index in [2.05, 4.69) is 33.8 Å². The van der Waals surface area contributed by atoms with Crippen LogP contribution in [-0.2, 0) is 13.1 Å². The number of hydrogen-bond donors (Lipinski definition) is 1. The van der Waals surface area contributed by atoms with Crippen molar-refractivity contribution in [2.24, 2.45) is 0 Å². The van der Waals surface area contributed by atoms with E-state index in [1.165, 1.54) is 9.75 Å². The number of aryl methyl sites for hydroxylation is 1. The predicted octanol–water partition coefficient (Wildman–Crippen LogP) is 3.06. The zero-order valence-electron chi connectivity index (χ0n) is 10.8. The maximum absolute atomic E-state index is 5.33. The van der Waals surface area contributed by atoms with Crippen LogP contribution >= 0.6 is 22.7 Å². The average Bonchev–Trinajstić information content (AvgIpc) is 3.06. The number of aromatic nitrogens is 2. The third-order valence-electron chi connectivity index (χ3n) is 2.91. The van der Waals surface area contributed by atoms with E-state index in [1.807, 2.05) is 22.9 Å². The molecule has 0 aliphatic carbocycles. The molecule has 1 N–H and O–H groups in total. The van der Waals surface area contributed by atoms with Gasteiger partial charge in [-0.2, -0.15) is 4.98 Å². The second-order valence-electron chi connectivity index (χ2n) is 4.24. The van der Waals surface area contributed by atoms with Crippen LogP contribution in [0.3, 0.4) is 0 Å². The quantitative estimate of drug-likeness (QED) is 0.786. The Morgan fingerprint density at radius 1 is 1.37 bits per heavy atom. The predicted molar refractivity (Wildman–Crippen MR) is 79.2 cm³/mol. The minimum absolute atomic E-state index is 0.710. The van der Waals surface area contributed by atoms with Gasteiger partial charge < -0.3 is 10.1 Å². The lowest BCUT2D eigenvalue weighted by molar-refractivity contribution is 0.393. The van der Waals surface area contributed by atoms with Gasteiger partial charge >= 0.3 is 0 Å². The Bertz CT molecular complexity index is 683. The zero-order chi connectivity index (χ0) is 13.2. The Morgan fingerprint density at radius 2 is 2.26 bits per heavy atom. The minimum atomic E-state index is 0.710. The van der Waals surface area contributed by atoms with Gasteiger partial charge in [-0.3, -0.25) is 4.40 Å². The van der Waals surface area contributed by atoms with Crippen molar-refractivity contribution in [2.75, 3.05) is 7.11 Å². The third kappa shape index (κ3) is 2.51. The van der Waals surface area contributed by atoms with E-state index in [-0.39, 0.29) is 0 Å². The number of fused-ring (bicyclic) bond motifs is 1. The highest BCUT2D eigenvalue weighted by Crippen LogP contribution is 2.23. The number of thiophene rings is 1. The van der Waals surface area contributed by atoms with Gasteiger partial charge in [-0.15, -0.1) is 22.7 Å². The van der Waals surface area contributed by atoms with E-state index in [1.54, 1.807) is 18.4 Å². The molecule has 0 saturated carbocycles. The van der Waals surface area contributed by atoms with Gasteiger partial charge in [0.25, 0.3) is 0 Å². The lowest BCUT2D eigenvalue weighted by atomic mass is 10.4. The van der Waals surface area contributed by atoms with Crippen molar-refractivity contribution in [3.05, 3.63) is 39.2 Å². The molecule has 0 radical (unpaired) electrons. The Hall–Kier alpha value is -1.37. The van der Waals surface area contributed by atoms with E-state index < -0.39 is 0 Å². The van der Waals surface area contributed by atoms with E-state index in [4.69, 9.17) is 4.74 Å². The van der Waals surface area contributed by atoms with Crippen molar-refractivity contribution in [3.63, 3.8) is 0 Å². The van der Waals surface area contributed by atoms with E-state index in [0.29, 0.717) is 5.88 Å². The first-order chi connectivity index (χ1) is 9.28. The van der Waals surface area contributed by atoms with Crippen LogP contribution in [0.25, 0.3) is 4.96 Å². The smallest absolute Gasteiger partial charge is 0.237 e. The molecule has 0 fully saturated rings. The molecule has 3 aromatic rings. The molecule has 3 aromatic heterocycles. The maximum Gasteiger partial charge on any atom is 0.237 e. The molecule has 6 heteroatoms. The van der Waals surface area contributed by atoms with Gasteiger partial charge in [-0.25, -0.2) is 0 Å². The van der Waals surface area contributed by atoms with Gasteiger partial charge in [0.15, 0.2) is 4.96 Å². The summed E-state index contributed by atoms with van der Waals surface area (Å²) in [4.78, 5) is 8.11. The van der Waals surface area contributed by atoms with Gasteiger partial charge in [-0.05, 0) is 19.1 Å². The van der Waals surface area contributed by atoms with Crippen LogP contribution in [0.2, 0.25) is 0 Å². The van der Waals surface area contributed by atoms with E-state index in [0.717, 1.165) is 23.7 Å². The average molecular weight is 293 g/mol. The molecule has 0 amide bonds. The summed E-state index contributed by atoms with van der Waals surface area (Å²) in [5, 5.41) is 5.48. The van der Waals surface area contributed by atoms with Crippen LogP contribution < -0.4 is 10.1 Å². The van der Waals surface area contributed by atoms with E-state index in [9.17, 15) is 0 Å². The normalized spacial score (nSPS) is 11.3. The van der Waals surface area contributed by atoms with Crippen LogP contribution in [0.1, 0.15) is 15.4 Å². The van der Waals surface area contributed by atoms with Crippen molar-refractivity contribution < 1.29 is 4.74 Å². The first-order valence-electron chi connectivity index (χ1n) is 6.02. The first kappa shape index (κ1) is 12.7. The van der Waals surface area contributed by atoms with E-state index >= 15 is 0 Å². The first-order valence-corrected chi connectivity index (χ1v) is 7.72. The zero-order valence-corrected chi connectivity index (χ0v) is 12.5. The van der Waals surface area contributed by atoms with Crippen LogP contribution in [0, 0.1) is 6.92 Å². The standard InChI is InChI=1S/C13H15N3OS2/c1-9-3-4-10(19-9)7-14-8-11-12(17-2)15-13-16(11)5-6-18-13/h3-6,14H,7-8H2,1-2H3. The highest BCUT2D eigenvalue weighted by atomic mass is 32.1. The molecule has 3 rings (SSSR count). The van der Waals surface area contributed by atoms with Gasteiger partial charge in [0.2, 0.25) is 5.88 Å². The topological polar surface area (TPSA) is 38.6 Å². The molecule has 0 saturated heterocycles. The highest BCUT2D eigenvalue weighted by molar-refractivity contribution is 7.15. The molecule has 0 aromatic carbocycles. The summed E-state index contributed by atoms with van der Waals surface area (Å²) in [6.45, 7) is 3.75. The van der Waals surface area contributed by atoms with Crippen LogP contribution in [0.15, 0.2) is 23.7 Å². The number of nitrogens with one attached hydrogen (secondary N) is 1. The third-order valence-corrected chi connectivity index (χ3v) is 4.66. The second kappa shape index (κ2) is 5.32. The second-order valence-corrected chi connectivity index (χ2v) is 6.48. The van der Waals surface area contributed by atoms with Crippen molar-refractivity contribution in [2.45, 2.75) is 20.0 Å². The Labute approximate surface area is 119 Å². The molecule has 4 nitrogen and oxygen atoms in total. The molecule has 3 heterocycles. The fourth-order valence-corrected chi connectivity index (χ4v) is 3.61. The van der Waals surface area contributed by atoms with Crippen molar-refractivity contribution in [1.82, 2.24) is 14.7 Å².